The molecular weight excluding hydrogens is 267 g/mol. The van der Waals surface area contributed by atoms with E-state index in [1.54, 1.807) is 0 Å². The average Bonchev–Trinajstić information content (AvgIpc) is 2.57. The lowest BCUT2D eigenvalue weighted by Crippen LogP contribution is -2.49. The van der Waals surface area contributed by atoms with Crippen LogP contribution in [0.2, 0.25) is 0 Å². The van der Waals surface area contributed by atoms with Gasteiger partial charge in [0, 0.05) is 17.5 Å². The number of sulfone groups is 1. The second kappa shape index (κ2) is 4.85. The fourth-order valence-electron chi connectivity index (χ4n) is 2.68. The molecule has 2 rings (SSSR count). The van der Waals surface area contributed by atoms with Crippen molar-refractivity contribution in [2.75, 3.05) is 5.75 Å². The van der Waals surface area contributed by atoms with Crippen LogP contribution < -0.4 is 5.32 Å². The molecule has 0 spiro atoms. The smallest absolute Gasteiger partial charge is 0.306 e. The summed E-state index contributed by atoms with van der Waals surface area (Å²) in [6.07, 6.45) is -0.843. The Kier molecular flexibility index (Phi) is 3.73. The third kappa shape index (κ3) is 3.26. The second-order valence-electron chi connectivity index (χ2n) is 4.97. The van der Waals surface area contributed by atoms with Crippen molar-refractivity contribution in [1.82, 2.24) is 5.32 Å². The molecule has 2 aliphatic rings. The van der Waals surface area contributed by atoms with Crippen LogP contribution in [0.3, 0.4) is 0 Å². The third-order valence-corrected chi connectivity index (χ3v) is 4.94. The van der Waals surface area contributed by atoms with Gasteiger partial charge in [-0.1, -0.05) is 18.9 Å². The van der Waals surface area contributed by atoms with E-state index in [0.717, 1.165) is 11.8 Å². The van der Waals surface area contributed by atoms with Crippen LogP contribution in [-0.4, -0.2) is 32.4 Å². The molecule has 1 aliphatic carbocycles. The third-order valence-electron chi connectivity index (χ3n) is 3.54. The standard InChI is InChI=1S/C11H16F3NO2S/c12-11(13,14)9-3-1-2-4-10(9)15-8-5-6-18(16,17)7-8/h5-6,8-10,15H,1-4,7H2. The van der Waals surface area contributed by atoms with Crippen LogP contribution >= 0.6 is 0 Å². The van der Waals surface area contributed by atoms with Crippen LogP contribution in [0.15, 0.2) is 11.5 Å². The molecule has 0 bridgehead atoms. The minimum atomic E-state index is -4.21. The van der Waals surface area contributed by atoms with Crippen molar-refractivity contribution in [2.45, 2.75) is 43.9 Å². The predicted molar refractivity (Wildman–Crippen MR) is 61.7 cm³/mol. The number of nitrogens with one attached hydrogen (secondary N) is 1. The largest absolute Gasteiger partial charge is 0.393 e. The highest BCUT2D eigenvalue weighted by atomic mass is 32.2. The SMILES string of the molecule is O=S1(=O)C=CC(NC2CCCCC2C(F)(F)F)C1. The van der Waals surface area contributed by atoms with Gasteiger partial charge in [-0.05, 0) is 12.8 Å². The number of hydrogen-bond acceptors (Lipinski definition) is 3. The van der Waals surface area contributed by atoms with E-state index in [9.17, 15) is 21.6 Å². The minimum Gasteiger partial charge on any atom is -0.306 e. The number of alkyl halides is 3. The first kappa shape index (κ1) is 13.9. The Morgan fingerprint density at radius 2 is 1.83 bits per heavy atom. The maximum Gasteiger partial charge on any atom is 0.393 e. The topological polar surface area (TPSA) is 46.2 Å². The lowest BCUT2D eigenvalue weighted by molar-refractivity contribution is -0.189. The molecule has 1 saturated carbocycles. The Morgan fingerprint density at radius 3 is 2.39 bits per heavy atom. The molecule has 0 aromatic rings. The van der Waals surface area contributed by atoms with Crippen molar-refractivity contribution in [3.8, 4) is 0 Å². The number of hydrogen-bond donors (Lipinski definition) is 1. The molecule has 0 aromatic heterocycles. The minimum absolute atomic E-state index is 0.129. The van der Waals surface area contributed by atoms with Gasteiger partial charge in [-0.2, -0.15) is 13.2 Å². The molecular formula is C11H16F3NO2S. The molecule has 0 amide bonds. The van der Waals surface area contributed by atoms with Crippen LogP contribution in [0.4, 0.5) is 13.2 Å². The van der Waals surface area contributed by atoms with Crippen LogP contribution in [0, 0.1) is 5.92 Å². The summed E-state index contributed by atoms with van der Waals surface area (Å²) in [6, 6.07) is -1.15. The van der Waals surface area contributed by atoms with Gasteiger partial charge >= 0.3 is 6.18 Å². The number of halogens is 3. The van der Waals surface area contributed by atoms with Crippen molar-refractivity contribution < 1.29 is 21.6 Å². The number of rotatable bonds is 2. The monoisotopic (exact) mass is 283 g/mol. The molecule has 3 nitrogen and oxygen atoms in total. The van der Waals surface area contributed by atoms with E-state index in [-0.39, 0.29) is 12.2 Å². The van der Waals surface area contributed by atoms with Crippen LogP contribution in [-0.2, 0) is 9.84 Å². The van der Waals surface area contributed by atoms with Crippen molar-refractivity contribution in [1.29, 1.82) is 0 Å². The van der Waals surface area contributed by atoms with E-state index in [1.165, 1.54) is 6.08 Å². The summed E-state index contributed by atoms with van der Waals surface area (Å²) in [5, 5.41) is 3.92. The molecule has 1 heterocycles. The first-order valence-electron chi connectivity index (χ1n) is 6.02. The predicted octanol–water partition coefficient (Wildman–Crippen LogP) is 2.01. The van der Waals surface area contributed by atoms with Gasteiger partial charge < -0.3 is 5.32 Å². The lowest BCUT2D eigenvalue weighted by atomic mass is 9.83. The Balaban J connectivity index is 2.01. The van der Waals surface area contributed by atoms with E-state index in [2.05, 4.69) is 5.32 Å². The quantitative estimate of drug-likeness (QED) is 0.843. The summed E-state index contributed by atoms with van der Waals surface area (Å²) in [4.78, 5) is 0. The molecule has 7 heteroatoms. The molecule has 0 aromatic carbocycles. The maximum absolute atomic E-state index is 12.8. The molecule has 104 valence electrons. The molecule has 0 radical (unpaired) electrons. The van der Waals surface area contributed by atoms with Crippen molar-refractivity contribution in [2.24, 2.45) is 5.92 Å². The Morgan fingerprint density at radius 1 is 1.17 bits per heavy atom. The zero-order valence-electron chi connectivity index (χ0n) is 9.78. The van der Waals surface area contributed by atoms with Gasteiger partial charge in [-0.25, -0.2) is 8.42 Å². The highest BCUT2D eigenvalue weighted by Gasteiger charge is 2.46. The lowest BCUT2D eigenvalue weighted by Gasteiger charge is -2.35. The van der Waals surface area contributed by atoms with E-state index < -0.39 is 34.0 Å². The van der Waals surface area contributed by atoms with Gasteiger partial charge in [0.25, 0.3) is 0 Å². The van der Waals surface area contributed by atoms with Crippen LogP contribution in [0.25, 0.3) is 0 Å². The normalized spacial score (nSPS) is 35.8. The molecule has 1 N–H and O–H groups in total. The van der Waals surface area contributed by atoms with E-state index >= 15 is 0 Å². The Labute approximate surface area is 104 Å². The van der Waals surface area contributed by atoms with Gasteiger partial charge in [0.15, 0.2) is 9.84 Å². The first-order chi connectivity index (χ1) is 8.28. The maximum atomic E-state index is 12.8. The fraction of sp³-hybridized carbons (Fsp3) is 0.818. The zero-order chi connectivity index (χ0) is 13.4. The highest BCUT2D eigenvalue weighted by molar-refractivity contribution is 7.94. The first-order valence-corrected chi connectivity index (χ1v) is 7.73. The fourth-order valence-corrected chi connectivity index (χ4v) is 3.92. The highest BCUT2D eigenvalue weighted by Crippen LogP contribution is 2.38. The van der Waals surface area contributed by atoms with Crippen LogP contribution in [0.5, 0.6) is 0 Å². The molecule has 1 aliphatic heterocycles. The van der Waals surface area contributed by atoms with E-state index in [4.69, 9.17) is 0 Å². The van der Waals surface area contributed by atoms with E-state index in [0.29, 0.717) is 12.8 Å². The molecule has 3 unspecified atom stereocenters. The summed E-state index contributed by atoms with van der Waals surface area (Å²) < 4.78 is 60.9. The van der Waals surface area contributed by atoms with Crippen LogP contribution in [0.1, 0.15) is 25.7 Å². The molecule has 3 atom stereocenters. The molecule has 18 heavy (non-hydrogen) atoms. The van der Waals surface area contributed by atoms with Gasteiger partial charge in [0.05, 0.1) is 11.7 Å². The van der Waals surface area contributed by atoms with Crippen molar-refractivity contribution >= 4 is 9.84 Å². The van der Waals surface area contributed by atoms with Crippen molar-refractivity contribution in [3.05, 3.63) is 11.5 Å². The summed E-state index contributed by atoms with van der Waals surface area (Å²) in [5.41, 5.74) is 0. The van der Waals surface area contributed by atoms with E-state index in [1.807, 2.05) is 0 Å². The summed E-state index contributed by atoms with van der Waals surface area (Å²) in [7, 11) is -3.22. The second-order valence-corrected chi connectivity index (χ2v) is 6.90. The van der Waals surface area contributed by atoms with Gasteiger partial charge in [0.1, 0.15) is 0 Å². The Hall–Kier alpha value is -0.560. The van der Waals surface area contributed by atoms with Gasteiger partial charge in [-0.3, -0.25) is 0 Å². The van der Waals surface area contributed by atoms with Gasteiger partial charge in [-0.15, -0.1) is 0 Å². The zero-order valence-corrected chi connectivity index (χ0v) is 10.6. The molecule has 1 fully saturated rings. The molecule has 0 saturated heterocycles. The summed E-state index contributed by atoms with van der Waals surface area (Å²) in [6.45, 7) is 0. The summed E-state index contributed by atoms with van der Waals surface area (Å²) >= 11 is 0. The summed E-state index contributed by atoms with van der Waals surface area (Å²) in [5.74, 6) is -1.49. The van der Waals surface area contributed by atoms with Gasteiger partial charge in [0.2, 0.25) is 0 Å². The van der Waals surface area contributed by atoms with Crippen molar-refractivity contribution in [3.63, 3.8) is 0 Å². The Bertz CT molecular complexity index is 430. The average molecular weight is 283 g/mol.